The molecule has 0 aliphatic carbocycles. The second-order valence-electron chi connectivity index (χ2n) is 3.88. The second kappa shape index (κ2) is 9.62. The number of rotatable bonds is 4. The van der Waals surface area contributed by atoms with Crippen molar-refractivity contribution in [2.45, 2.75) is 13.3 Å². The highest BCUT2D eigenvalue weighted by Crippen LogP contribution is 2.10. The van der Waals surface area contributed by atoms with E-state index in [9.17, 15) is 4.39 Å². The summed E-state index contributed by atoms with van der Waals surface area (Å²) in [6.07, 6.45) is 5.96. The van der Waals surface area contributed by atoms with Crippen LogP contribution < -0.4 is 10.6 Å². The first kappa shape index (κ1) is 17.7. The van der Waals surface area contributed by atoms with Gasteiger partial charge in [0.15, 0.2) is 5.96 Å². The van der Waals surface area contributed by atoms with Gasteiger partial charge in [0.05, 0.1) is 6.54 Å². The first-order chi connectivity index (χ1) is 8.67. The van der Waals surface area contributed by atoms with Crippen LogP contribution >= 0.6 is 24.0 Å². The van der Waals surface area contributed by atoms with E-state index in [1.807, 2.05) is 13.0 Å². The molecule has 1 rings (SSSR count). The van der Waals surface area contributed by atoms with Crippen molar-refractivity contribution in [1.29, 1.82) is 0 Å². The van der Waals surface area contributed by atoms with Gasteiger partial charge in [0.25, 0.3) is 0 Å². The fourth-order valence-corrected chi connectivity index (χ4v) is 1.61. The van der Waals surface area contributed by atoms with E-state index in [0.717, 1.165) is 24.1 Å². The number of terminal acetylenes is 1. The summed E-state index contributed by atoms with van der Waals surface area (Å²) in [5.74, 6) is 2.96. The zero-order chi connectivity index (χ0) is 13.4. The van der Waals surface area contributed by atoms with Crippen molar-refractivity contribution in [1.82, 2.24) is 10.6 Å². The van der Waals surface area contributed by atoms with Crippen molar-refractivity contribution < 1.29 is 4.39 Å². The number of hydrogen-bond donors (Lipinski definition) is 2. The molecule has 3 nitrogen and oxygen atoms in total. The molecule has 0 fully saturated rings. The molecule has 2 N–H and O–H groups in total. The summed E-state index contributed by atoms with van der Waals surface area (Å²) in [7, 11) is 1.69. The highest BCUT2D eigenvalue weighted by atomic mass is 127. The summed E-state index contributed by atoms with van der Waals surface area (Å²) in [4.78, 5) is 4.03. The predicted molar refractivity (Wildman–Crippen MR) is 88.5 cm³/mol. The molecule has 0 unspecified atom stereocenters. The van der Waals surface area contributed by atoms with Crippen LogP contribution in [-0.2, 0) is 6.42 Å². The Morgan fingerprint density at radius 2 is 2.16 bits per heavy atom. The van der Waals surface area contributed by atoms with Gasteiger partial charge in [-0.25, -0.2) is 4.39 Å². The summed E-state index contributed by atoms with van der Waals surface area (Å²) in [5.41, 5.74) is 2.08. The van der Waals surface area contributed by atoms with Crippen LogP contribution in [0.5, 0.6) is 0 Å². The molecule has 1 aromatic carbocycles. The molecule has 0 spiro atoms. The highest BCUT2D eigenvalue weighted by Gasteiger charge is 2.01. The van der Waals surface area contributed by atoms with E-state index in [4.69, 9.17) is 6.42 Å². The monoisotopic (exact) mass is 375 g/mol. The number of aliphatic imine (C=N–C) groups is 1. The largest absolute Gasteiger partial charge is 0.356 e. The third kappa shape index (κ3) is 6.43. The number of nitrogens with one attached hydrogen (secondary N) is 2. The Morgan fingerprint density at radius 1 is 1.42 bits per heavy atom. The van der Waals surface area contributed by atoms with Gasteiger partial charge in [0, 0.05) is 13.6 Å². The third-order valence-corrected chi connectivity index (χ3v) is 2.57. The van der Waals surface area contributed by atoms with Gasteiger partial charge in [0.2, 0.25) is 0 Å². The van der Waals surface area contributed by atoms with Gasteiger partial charge in [-0.1, -0.05) is 12.0 Å². The second-order valence-corrected chi connectivity index (χ2v) is 3.88. The molecular weight excluding hydrogens is 356 g/mol. The van der Waals surface area contributed by atoms with Gasteiger partial charge in [-0.05, 0) is 36.6 Å². The molecule has 0 amide bonds. The molecule has 0 aliphatic heterocycles. The fourth-order valence-electron chi connectivity index (χ4n) is 1.61. The Balaban J connectivity index is 0.00000324. The molecular formula is C14H19FIN3. The van der Waals surface area contributed by atoms with Gasteiger partial charge in [-0.2, -0.15) is 0 Å². The van der Waals surface area contributed by atoms with Crippen molar-refractivity contribution in [2.24, 2.45) is 4.99 Å². The Hall–Kier alpha value is -1.29. The number of hydrogen-bond acceptors (Lipinski definition) is 1. The first-order valence-corrected chi connectivity index (χ1v) is 5.80. The summed E-state index contributed by atoms with van der Waals surface area (Å²) < 4.78 is 12.9. The van der Waals surface area contributed by atoms with Crippen LogP contribution in [0.4, 0.5) is 4.39 Å². The Labute approximate surface area is 131 Å². The van der Waals surface area contributed by atoms with Crippen LogP contribution in [0.25, 0.3) is 0 Å². The number of halogens is 2. The summed E-state index contributed by atoms with van der Waals surface area (Å²) in [6, 6.07) is 4.83. The lowest BCUT2D eigenvalue weighted by molar-refractivity contribution is 0.625. The quantitative estimate of drug-likeness (QED) is 0.366. The van der Waals surface area contributed by atoms with E-state index in [2.05, 4.69) is 21.5 Å². The molecule has 0 aromatic heterocycles. The molecule has 0 radical (unpaired) electrons. The minimum atomic E-state index is -0.198. The molecule has 0 atom stereocenters. The van der Waals surface area contributed by atoms with Crippen LogP contribution in [0.3, 0.4) is 0 Å². The normalized spacial score (nSPS) is 10.3. The van der Waals surface area contributed by atoms with Gasteiger partial charge in [0.1, 0.15) is 5.82 Å². The molecule has 104 valence electrons. The number of aryl methyl sites for hydroxylation is 1. The van der Waals surface area contributed by atoms with E-state index >= 15 is 0 Å². The van der Waals surface area contributed by atoms with Crippen molar-refractivity contribution in [2.75, 3.05) is 20.1 Å². The SMILES string of the molecule is C#CCNC(=NC)NCCc1ccc(F)cc1C.I. The van der Waals surface area contributed by atoms with Crippen molar-refractivity contribution in [3.05, 3.63) is 35.1 Å². The van der Waals surface area contributed by atoms with Crippen molar-refractivity contribution >= 4 is 29.9 Å². The van der Waals surface area contributed by atoms with Crippen molar-refractivity contribution in [3.63, 3.8) is 0 Å². The maximum Gasteiger partial charge on any atom is 0.191 e. The molecule has 1 aromatic rings. The van der Waals surface area contributed by atoms with Gasteiger partial charge < -0.3 is 10.6 Å². The lowest BCUT2D eigenvalue weighted by Crippen LogP contribution is -2.38. The number of nitrogens with zero attached hydrogens (tertiary/aromatic N) is 1. The molecule has 0 bridgehead atoms. The first-order valence-electron chi connectivity index (χ1n) is 5.80. The van der Waals surface area contributed by atoms with Crippen LogP contribution in [0.1, 0.15) is 11.1 Å². The number of guanidine groups is 1. The van der Waals surface area contributed by atoms with E-state index in [-0.39, 0.29) is 29.8 Å². The van der Waals surface area contributed by atoms with Crippen LogP contribution in [0.2, 0.25) is 0 Å². The smallest absolute Gasteiger partial charge is 0.191 e. The van der Waals surface area contributed by atoms with E-state index in [0.29, 0.717) is 12.5 Å². The fraction of sp³-hybridized carbons (Fsp3) is 0.357. The molecule has 0 saturated carbocycles. The zero-order valence-corrected chi connectivity index (χ0v) is 13.5. The zero-order valence-electron chi connectivity index (χ0n) is 11.2. The van der Waals surface area contributed by atoms with E-state index in [1.165, 1.54) is 6.07 Å². The predicted octanol–water partition coefficient (Wildman–Crippen LogP) is 2.09. The van der Waals surface area contributed by atoms with Crippen molar-refractivity contribution in [3.8, 4) is 12.3 Å². The third-order valence-electron chi connectivity index (χ3n) is 2.57. The average molecular weight is 375 g/mol. The average Bonchev–Trinajstić information content (AvgIpc) is 2.36. The van der Waals surface area contributed by atoms with Gasteiger partial charge in [-0.15, -0.1) is 30.4 Å². The van der Waals surface area contributed by atoms with Crippen LogP contribution in [-0.4, -0.2) is 26.1 Å². The van der Waals surface area contributed by atoms with E-state index < -0.39 is 0 Å². The van der Waals surface area contributed by atoms with Crippen LogP contribution in [0, 0.1) is 25.1 Å². The Kier molecular flexibility index (Phi) is 8.96. The lowest BCUT2D eigenvalue weighted by atomic mass is 10.1. The minimum absolute atomic E-state index is 0. The summed E-state index contributed by atoms with van der Waals surface area (Å²) in [5, 5.41) is 6.12. The standard InChI is InChI=1S/C14H18FN3.HI/c1-4-8-17-14(16-3)18-9-7-12-5-6-13(15)10-11(12)2;/h1,5-6,10H,7-9H2,2-3H3,(H2,16,17,18);1H. The number of benzene rings is 1. The van der Waals surface area contributed by atoms with Gasteiger partial charge in [-0.3, -0.25) is 4.99 Å². The molecule has 5 heteroatoms. The maximum atomic E-state index is 12.9. The van der Waals surface area contributed by atoms with E-state index in [1.54, 1.807) is 13.1 Å². The summed E-state index contributed by atoms with van der Waals surface area (Å²) >= 11 is 0. The highest BCUT2D eigenvalue weighted by molar-refractivity contribution is 14.0. The summed E-state index contributed by atoms with van der Waals surface area (Å²) in [6.45, 7) is 3.07. The minimum Gasteiger partial charge on any atom is -0.356 e. The van der Waals surface area contributed by atoms with Gasteiger partial charge >= 0.3 is 0 Å². The molecule has 0 saturated heterocycles. The Bertz CT molecular complexity index is 466. The topological polar surface area (TPSA) is 36.4 Å². The molecule has 19 heavy (non-hydrogen) atoms. The molecule has 0 heterocycles. The Morgan fingerprint density at radius 3 is 2.74 bits per heavy atom. The maximum absolute atomic E-state index is 12.9. The lowest BCUT2D eigenvalue weighted by Gasteiger charge is -2.11. The van der Waals surface area contributed by atoms with Crippen LogP contribution in [0.15, 0.2) is 23.2 Å². The molecule has 0 aliphatic rings.